The third-order valence-electron chi connectivity index (χ3n) is 4.09. The van der Waals surface area contributed by atoms with Crippen molar-refractivity contribution < 1.29 is 4.79 Å². The van der Waals surface area contributed by atoms with Gasteiger partial charge in [0.25, 0.3) is 0 Å². The number of aliphatic imine (C=N–C) groups is 1. The van der Waals surface area contributed by atoms with Crippen LogP contribution in [0.25, 0.3) is 11.0 Å². The van der Waals surface area contributed by atoms with E-state index < -0.39 is 0 Å². The molecule has 1 aromatic carbocycles. The Balaban J connectivity index is 0.00000392. The number of aromatic nitrogens is 2. The number of fused-ring (bicyclic) bond motifs is 1. The number of imidazole rings is 1. The molecule has 0 aliphatic carbocycles. The van der Waals surface area contributed by atoms with E-state index >= 15 is 0 Å². The zero-order valence-corrected chi connectivity index (χ0v) is 19.6. The molecule has 156 valence electrons. The second-order valence-corrected chi connectivity index (χ2v) is 6.81. The molecular weight excluding hydrogens is 467 g/mol. The van der Waals surface area contributed by atoms with Crippen molar-refractivity contribution in [1.29, 1.82) is 0 Å². The molecule has 1 aromatic heterocycles. The summed E-state index contributed by atoms with van der Waals surface area (Å²) in [5.74, 6) is 1.83. The van der Waals surface area contributed by atoms with Crippen LogP contribution in [-0.2, 0) is 11.3 Å². The summed E-state index contributed by atoms with van der Waals surface area (Å²) >= 11 is 0. The summed E-state index contributed by atoms with van der Waals surface area (Å²) in [4.78, 5) is 20.9. The van der Waals surface area contributed by atoms with E-state index in [1.165, 1.54) is 5.52 Å². The van der Waals surface area contributed by atoms with Gasteiger partial charge < -0.3 is 20.5 Å². The maximum atomic E-state index is 11.7. The summed E-state index contributed by atoms with van der Waals surface area (Å²) < 4.78 is 2.24. The number of rotatable bonds is 9. The Morgan fingerprint density at radius 2 is 2.00 bits per heavy atom. The standard InChI is InChI=1S/C20H32N6O.HI/c1-5-21-20(23-13-11-19(27)24-15(2)3)22-12-8-14-26-16(4)25-17-9-6-7-10-18(17)26;/h6-7,9-10,15H,5,8,11-14H2,1-4H3,(H,24,27)(H2,21,22,23);1H. The van der Waals surface area contributed by atoms with E-state index in [2.05, 4.69) is 36.6 Å². The SMILES string of the molecule is CCNC(=NCCCn1c(C)nc2ccccc21)NCCC(=O)NC(C)C.I. The summed E-state index contributed by atoms with van der Waals surface area (Å²) in [6.07, 6.45) is 1.36. The maximum absolute atomic E-state index is 11.7. The highest BCUT2D eigenvalue weighted by molar-refractivity contribution is 14.0. The van der Waals surface area contributed by atoms with Crippen molar-refractivity contribution in [2.24, 2.45) is 4.99 Å². The minimum absolute atomic E-state index is 0. The Labute approximate surface area is 184 Å². The van der Waals surface area contributed by atoms with Crippen molar-refractivity contribution in [3.05, 3.63) is 30.1 Å². The van der Waals surface area contributed by atoms with Crippen molar-refractivity contribution in [2.75, 3.05) is 19.6 Å². The summed E-state index contributed by atoms with van der Waals surface area (Å²) in [5, 5.41) is 9.33. The third-order valence-corrected chi connectivity index (χ3v) is 4.09. The molecule has 0 spiro atoms. The van der Waals surface area contributed by atoms with Crippen molar-refractivity contribution in [2.45, 2.75) is 53.1 Å². The highest BCUT2D eigenvalue weighted by Crippen LogP contribution is 2.15. The monoisotopic (exact) mass is 500 g/mol. The Hall–Kier alpha value is -1.84. The van der Waals surface area contributed by atoms with Crippen LogP contribution in [-0.4, -0.2) is 47.1 Å². The maximum Gasteiger partial charge on any atom is 0.221 e. The van der Waals surface area contributed by atoms with Gasteiger partial charge in [0.2, 0.25) is 5.91 Å². The fourth-order valence-corrected chi connectivity index (χ4v) is 2.93. The fourth-order valence-electron chi connectivity index (χ4n) is 2.93. The number of aryl methyl sites for hydroxylation is 2. The lowest BCUT2D eigenvalue weighted by molar-refractivity contribution is -0.121. The average molecular weight is 500 g/mol. The largest absolute Gasteiger partial charge is 0.357 e. The first kappa shape index (κ1) is 24.2. The van der Waals surface area contributed by atoms with Gasteiger partial charge >= 0.3 is 0 Å². The predicted octanol–water partition coefficient (Wildman–Crippen LogP) is 2.82. The number of guanidine groups is 1. The van der Waals surface area contributed by atoms with Crippen molar-refractivity contribution in [3.63, 3.8) is 0 Å². The molecule has 1 amide bonds. The average Bonchev–Trinajstić information content (AvgIpc) is 2.93. The third kappa shape index (κ3) is 7.65. The lowest BCUT2D eigenvalue weighted by Crippen LogP contribution is -2.40. The Morgan fingerprint density at radius 1 is 1.25 bits per heavy atom. The highest BCUT2D eigenvalue weighted by atomic mass is 127. The Kier molecular flexibility index (Phi) is 10.9. The van der Waals surface area contributed by atoms with Crippen molar-refractivity contribution in [1.82, 2.24) is 25.5 Å². The summed E-state index contributed by atoms with van der Waals surface area (Å²) in [5.41, 5.74) is 2.20. The number of amides is 1. The van der Waals surface area contributed by atoms with Gasteiger partial charge in [-0.15, -0.1) is 24.0 Å². The number of halogens is 1. The van der Waals surface area contributed by atoms with E-state index in [1.807, 2.05) is 45.9 Å². The van der Waals surface area contributed by atoms with Crippen molar-refractivity contribution >= 4 is 46.9 Å². The molecule has 8 heteroatoms. The molecule has 0 fully saturated rings. The fraction of sp³-hybridized carbons (Fsp3) is 0.550. The van der Waals surface area contributed by atoms with Crippen LogP contribution in [0, 0.1) is 6.92 Å². The molecule has 0 bridgehead atoms. The van der Waals surface area contributed by atoms with Crippen LogP contribution >= 0.6 is 24.0 Å². The zero-order valence-electron chi connectivity index (χ0n) is 17.3. The lowest BCUT2D eigenvalue weighted by atomic mass is 10.3. The first-order valence-electron chi connectivity index (χ1n) is 9.74. The van der Waals surface area contributed by atoms with Gasteiger partial charge in [-0.1, -0.05) is 12.1 Å². The molecule has 0 atom stereocenters. The lowest BCUT2D eigenvalue weighted by Gasteiger charge is -2.12. The minimum atomic E-state index is 0. The summed E-state index contributed by atoms with van der Waals surface area (Å²) in [6.45, 7) is 10.9. The zero-order chi connectivity index (χ0) is 19.6. The van der Waals surface area contributed by atoms with Crippen LogP contribution in [0.1, 0.15) is 39.4 Å². The second kappa shape index (κ2) is 12.6. The first-order chi connectivity index (χ1) is 13.0. The quantitative estimate of drug-likeness (QED) is 0.214. The van der Waals surface area contributed by atoms with Crippen molar-refractivity contribution in [3.8, 4) is 0 Å². The van der Waals surface area contributed by atoms with Gasteiger partial charge in [-0.05, 0) is 46.2 Å². The van der Waals surface area contributed by atoms with Crippen LogP contribution in [0.2, 0.25) is 0 Å². The number of para-hydroxylation sites is 2. The van der Waals surface area contributed by atoms with E-state index in [9.17, 15) is 4.79 Å². The predicted molar refractivity (Wildman–Crippen MR) is 126 cm³/mol. The van der Waals surface area contributed by atoms with E-state index in [-0.39, 0.29) is 35.9 Å². The van der Waals surface area contributed by atoms with Gasteiger partial charge in [-0.25, -0.2) is 4.98 Å². The van der Waals surface area contributed by atoms with Gasteiger partial charge in [0.1, 0.15) is 5.82 Å². The number of carbonyl (C=O) groups excluding carboxylic acids is 1. The van der Waals surface area contributed by atoms with Crippen LogP contribution in [0.3, 0.4) is 0 Å². The molecule has 28 heavy (non-hydrogen) atoms. The Bertz CT molecular complexity index is 771. The van der Waals surface area contributed by atoms with Gasteiger partial charge in [-0.3, -0.25) is 9.79 Å². The van der Waals surface area contributed by atoms with Gasteiger partial charge in [0, 0.05) is 38.6 Å². The molecule has 3 N–H and O–H groups in total. The number of nitrogens with one attached hydrogen (secondary N) is 3. The highest BCUT2D eigenvalue weighted by Gasteiger charge is 2.06. The number of carbonyl (C=O) groups is 1. The molecule has 0 radical (unpaired) electrons. The molecule has 1 heterocycles. The van der Waals surface area contributed by atoms with Gasteiger partial charge in [0.15, 0.2) is 5.96 Å². The van der Waals surface area contributed by atoms with E-state index in [4.69, 9.17) is 0 Å². The molecular formula is C20H33IN6O. The molecule has 0 aliphatic heterocycles. The normalized spacial score (nSPS) is 11.4. The topological polar surface area (TPSA) is 83.3 Å². The first-order valence-corrected chi connectivity index (χ1v) is 9.74. The number of nitrogens with zero attached hydrogens (tertiary/aromatic N) is 3. The second-order valence-electron chi connectivity index (χ2n) is 6.81. The van der Waals surface area contributed by atoms with E-state index in [1.54, 1.807) is 0 Å². The van der Waals surface area contributed by atoms with Crippen LogP contribution in [0.5, 0.6) is 0 Å². The molecule has 2 aromatic rings. The smallest absolute Gasteiger partial charge is 0.221 e. The van der Waals surface area contributed by atoms with Crippen LogP contribution < -0.4 is 16.0 Å². The molecule has 0 saturated heterocycles. The number of hydrogen-bond donors (Lipinski definition) is 3. The minimum Gasteiger partial charge on any atom is -0.357 e. The van der Waals surface area contributed by atoms with E-state index in [0.717, 1.165) is 36.8 Å². The number of hydrogen-bond acceptors (Lipinski definition) is 3. The molecule has 2 rings (SSSR count). The molecule has 0 unspecified atom stereocenters. The van der Waals surface area contributed by atoms with E-state index in [0.29, 0.717) is 19.5 Å². The molecule has 7 nitrogen and oxygen atoms in total. The number of benzene rings is 1. The van der Waals surface area contributed by atoms with Gasteiger partial charge in [-0.2, -0.15) is 0 Å². The summed E-state index contributed by atoms with van der Waals surface area (Å²) in [6, 6.07) is 8.37. The Morgan fingerprint density at radius 3 is 2.71 bits per heavy atom. The van der Waals surface area contributed by atoms with Crippen LogP contribution in [0.15, 0.2) is 29.3 Å². The van der Waals surface area contributed by atoms with Gasteiger partial charge in [0.05, 0.1) is 11.0 Å². The molecule has 0 saturated carbocycles. The molecule has 0 aliphatic rings. The van der Waals surface area contributed by atoms with Crippen LogP contribution in [0.4, 0.5) is 0 Å². The summed E-state index contributed by atoms with van der Waals surface area (Å²) in [7, 11) is 0.